The van der Waals surface area contributed by atoms with E-state index in [-0.39, 0.29) is 11.7 Å². The lowest BCUT2D eigenvalue weighted by Gasteiger charge is -2.12. The molecule has 0 radical (unpaired) electrons. The third kappa shape index (κ3) is 5.84. The maximum absolute atomic E-state index is 13.5. The Labute approximate surface area is 157 Å². The number of guanidine groups is 1. The van der Waals surface area contributed by atoms with Crippen molar-refractivity contribution in [1.29, 1.82) is 0 Å². The van der Waals surface area contributed by atoms with Gasteiger partial charge in [0.05, 0.1) is 6.54 Å². The van der Waals surface area contributed by atoms with E-state index in [1.54, 1.807) is 37.4 Å². The number of benzene rings is 1. The quantitative estimate of drug-likeness (QED) is 0.395. The van der Waals surface area contributed by atoms with E-state index in [1.807, 2.05) is 0 Å². The summed E-state index contributed by atoms with van der Waals surface area (Å²) >= 11 is 1.78. The minimum atomic E-state index is -0.375. The molecule has 0 aliphatic carbocycles. The molecular formula is C19H25FN4OS. The van der Waals surface area contributed by atoms with Gasteiger partial charge in [0, 0.05) is 35.5 Å². The van der Waals surface area contributed by atoms with Gasteiger partial charge in [0.25, 0.3) is 5.91 Å². The maximum atomic E-state index is 13.5. The predicted octanol–water partition coefficient (Wildman–Crippen LogP) is 2.85. The molecule has 0 saturated heterocycles. The molecule has 2 rings (SSSR count). The van der Waals surface area contributed by atoms with Crippen LogP contribution in [0.3, 0.4) is 0 Å². The van der Waals surface area contributed by atoms with Crippen LogP contribution >= 0.6 is 11.3 Å². The van der Waals surface area contributed by atoms with Gasteiger partial charge < -0.3 is 16.0 Å². The number of hydrogen-bond donors (Lipinski definition) is 3. The van der Waals surface area contributed by atoms with E-state index in [1.165, 1.54) is 15.8 Å². The highest BCUT2D eigenvalue weighted by Gasteiger charge is 2.07. The lowest BCUT2D eigenvalue weighted by atomic mass is 10.1. The second kappa shape index (κ2) is 9.91. The number of carbonyl (C=O) groups is 1. The van der Waals surface area contributed by atoms with E-state index >= 15 is 0 Å². The highest BCUT2D eigenvalue weighted by Crippen LogP contribution is 2.16. The largest absolute Gasteiger partial charge is 0.355 e. The van der Waals surface area contributed by atoms with Crippen LogP contribution in [0.15, 0.2) is 35.3 Å². The van der Waals surface area contributed by atoms with Crippen LogP contribution in [-0.2, 0) is 13.0 Å². The van der Waals surface area contributed by atoms with E-state index in [0.29, 0.717) is 36.7 Å². The fourth-order valence-electron chi connectivity index (χ4n) is 2.29. The smallest absolute Gasteiger partial charge is 0.251 e. The number of rotatable bonds is 7. The van der Waals surface area contributed by atoms with Crippen LogP contribution in [-0.4, -0.2) is 32.0 Å². The Balaban J connectivity index is 1.71. The van der Waals surface area contributed by atoms with Crippen molar-refractivity contribution >= 4 is 23.2 Å². The number of halogens is 1. The first-order valence-electron chi connectivity index (χ1n) is 8.60. The molecule has 0 aliphatic rings. The Hall–Kier alpha value is -2.41. The number of aliphatic imine (C=N–C) groups is 1. The molecule has 1 aromatic carbocycles. The SMILES string of the molecule is CCc1ccc(CNC(=NC)NCCNC(=O)c2ccc(C)c(F)c2)s1. The zero-order valence-electron chi connectivity index (χ0n) is 15.4. The van der Waals surface area contributed by atoms with Crippen molar-refractivity contribution in [3.63, 3.8) is 0 Å². The van der Waals surface area contributed by atoms with Crippen LogP contribution in [0.25, 0.3) is 0 Å². The van der Waals surface area contributed by atoms with Crippen molar-refractivity contribution in [2.24, 2.45) is 4.99 Å². The van der Waals surface area contributed by atoms with Crippen LogP contribution in [0.5, 0.6) is 0 Å². The van der Waals surface area contributed by atoms with Gasteiger partial charge >= 0.3 is 0 Å². The molecule has 0 aliphatic heterocycles. The molecule has 5 nitrogen and oxygen atoms in total. The number of nitrogens with zero attached hydrogens (tertiary/aromatic N) is 1. The first kappa shape index (κ1) is 19.9. The molecular weight excluding hydrogens is 351 g/mol. The van der Waals surface area contributed by atoms with Gasteiger partial charge in [-0.3, -0.25) is 9.79 Å². The standard InChI is InChI=1S/C19H25FN4OS/c1-4-15-7-8-16(26-15)12-24-19(21-3)23-10-9-22-18(25)14-6-5-13(2)17(20)11-14/h5-8,11H,4,9-10,12H2,1-3H3,(H,22,25)(H2,21,23,24). The van der Waals surface area contributed by atoms with Crippen LogP contribution in [0, 0.1) is 12.7 Å². The monoisotopic (exact) mass is 376 g/mol. The third-order valence-electron chi connectivity index (χ3n) is 3.86. The summed E-state index contributed by atoms with van der Waals surface area (Å²) in [7, 11) is 1.70. The van der Waals surface area contributed by atoms with E-state index < -0.39 is 0 Å². The molecule has 26 heavy (non-hydrogen) atoms. The average molecular weight is 377 g/mol. The van der Waals surface area contributed by atoms with Crippen LogP contribution < -0.4 is 16.0 Å². The van der Waals surface area contributed by atoms with Crippen LogP contribution in [0.1, 0.15) is 32.6 Å². The summed E-state index contributed by atoms with van der Waals surface area (Å²) in [4.78, 5) is 18.8. The third-order valence-corrected chi connectivity index (χ3v) is 5.09. The second-order valence-corrected chi connectivity index (χ2v) is 7.05. The van der Waals surface area contributed by atoms with Gasteiger partial charge in [-0.25, -0.2) is 4.39 Å². The molecule has 0 saturated carbocycles. The number of hydrogen-bond acceptors (Lipinski definition) is 3. The normalized spacial score (nSPS) is 11.3. The minimum Gasteiger partial charge on any atom is -0.355 e. The number of nitrogens with one attached hydrogen (secondary N) is 3. The molecule has 0 fully saturated rings. The summed E-state index contributed by atoms with van der Waals surface area (Å²) in [6, 6.07) is 8.73. The lowest BCUT2D eigenvalue weighted by Crippen LogP contribution is -2.41. The van der Waals surface area contributed by atoms with Crippen molar-refractivity contribution in [3.05, 3.63) is 57.0 Å². The maximum Gasteiger partial charge on any atom is 0.251 e. The molecule has 0 spiro atoms. The highest BCUT2D eigenvalue weighted by atomic mass is 32.1. The summed E-state index contributed by atoms with van der Waals surface area (Å²) in [6.07, 6.45) is 1.04. The molecule has 1 heterocycles. The molecule has 0 unspecified atom stereocenters. The summed E-state index contributed by atoms with van der Waals surface area (Å²) in [6.45, 7) is 5.44. The molecule has 7 heteroatoms. The summed E-state index contributed by atoms with van der Waals surface area (Å²) in [5.41, 5.74) is 0.843. The minimum absolute atomic E-state index is 0.292. The number of aryl methyl sites for hydroxylation is 2. The fourth-order valence-corrected chi connectivity index (χ4v) is 3.19. The van der Waals surface area contributed by atoms with E-state index in [9.17, 15) is 9.18 Å². The summed E-state index contributed by atoms with van der Waals surface area (Å²) < 4.78 is 13.5. The Kier molecular flexibility index (Phi) is 7.59. The summed E-state index contributed by atoms with van der Waals surface area (Å²) in [5.74, 6) is 0.00610. The molecule has 2 aromatic rings. The van der Waals surface area contributed by atoms with Gasteiger partial charge in [0.2, 0.25) is 0 Å². The molecule has 0 bridgehead atoms. The van der Waals surface area contributed by atoms with Gasteiger partial charge in [-0.1, -0.05) is 13.0 Å². The molecule has 1 aromatic heterocycles. The van der Waals surface area contributed by atoms with Gasteiger partial charge in [-0.15, -0.1) is 11.3 Å². The first-order chi connectivity index (χ1) is 12.5. The predicted molar refractivity (Wildman–Crippen MR) is 105 cm³/mol. The Morgan fingerprint density at radius 2 is 1.85 bits per heavy atom. The van der Waals surface area contributed by atoms with Crippen LogP contribution in [0.4, 0.5) is 4.39 Å². The number of carbonyl (C=O) groups excluding carboxylic acids is 1. The topological polar surface area (TPSA) is 65.5 Å². The highest BCUT2D eigenvalue weighted by molar-refractivity contribution is 7.11. The fraction of sp³-hybridized carbons (Fsp3) is 0.368. The van der Waals surface area contributed by atoms with Gasteiger partial charge in [0.1, 0.15) is 5.82 Å². The molecule has 1 amide bonds. The van der Waals surface area contributed by atoms with E-state index in [4.69, 9.17) is 0 Å². The summed E-state index contributed by atoms with van der Waals surface area (Å²) in [5, 5.41) is 9.15. The number of amides is 1. The van der Waals surface area contributed by atoms with Crippen molar-refractivity contribution in [3.8, 4) is 0 Å². The molecule has 0 atom stereocenters. The molecule has 140 valence electrons. The van der Waals surface area contributed by atoms with Crippen molar-refractivity contribution in [1.82, 2.24) is 16.0 Å². The average Bonchev–Trinajstić information content (AvgIpc) is 3.11. The van der Waals surface area contributed by atoms with E-state index in [2.05, 4.69) is 40.0 Å². The number of thiophene rings is 1. The molecule has 3 N–H and O–H groups in total. The zero-order valence-corrected chi connectivity index (χ0v) is 16.2. The Morgan fingerprint density at radius 1 is 1.12 bits per heavy atom. The Bertz CT molecular complexity index is 773. The van der Waals surface area contributed by atoms with E-state index in [0.717, 1.165) is 6.42 Å². The Morgan fingerprint density at radius 3 is 2.50 bits per heavy atom. The van der Waals surface area contributed by atoms with Crippen molar-refractivity contribution in [2.75, 3.05) is 20.1 Å². The van der Waals surface area contributed by atoms with Gasteiger partial charge in [-0.2, -0.15) is 0 Å². The van der Waals surface area contributed by atoms with Gasteiger partial charge in [0.15, 0.2) is 5.96 Å². The van der Waals surface area contributed by atoms with Crippen molar-refractivity contribution < 1.29 is 9.18 Å². The second-order valence-electron chi connectivity index (χ2n) is 5.79. The lowest BCUT2D eigenvalue weighted by molar-refractivity contribution is 0.0954. The van der Waals surface area contributed by atoms with Crippen LogP contribution in [0.2, 0.25) is 0 Å². The first-order valence-corrected chi connectivity index (χ1v) is 9.41. The van der Waals surface area contributed by atoms with Gasteiger partial charge in [-0.05, 0) is 43.2 Å². The zero-order chi connectivity index (χ0) is 18.9. The van der Waals surface area contributed by atoms with Crippen molar-refractivity contribution in [2.45, 2.75) is 26.8 Å².